The number of likely N-dealkylation sites (tertiary alicyclic amines) is 2. The number of nitrogens with one attached hydrogen (secondary N) is 1. The van der Waals surface area contributed by atoms with Crippen LogP contribution in [0.15, 0.2) is 0 Å². The maximum atomic E-state index is 3.61. The van der Waals surface area contributed by atoms with Gasteiger partial charge in [-0.1, -0.05) is 0 Å². The van der Waals surface area contributed by atoms with Crippen LogP contribution in [0.2, 0.25) is 0 Å². The Morgan fingerprint density at radius 2 is 1.88 bits per heavy atom. The Kier molecular flexibility index (Phi) is 3.46. The summed E-state index contributed by atoms with van der Waals surface area (Å²) in [5, 5.41) is 3.61. The average molecular weight is 223 g/mol. The first kappa shape index (κ1) is 11.0. The van der Waals surface area contributed by atoms with Crippen LogP contribution in [0.3, 0.4) is 0 Å². The molecular weight excluding hydrogens is 198 g/mol. The molecule has 0 aliphatic carbocycles. The molecule has 3 heterocycles. The third-order valence-electron chi connectivity index (χ3n) is 4.55. The van der Waals surface area contributed by atoms with Crippen LogP contribution in [0.1, 0.15) is 32.1 Å². The molecule has 2 atom stereocenters. The van der Waals surface area contributed by atoms with Gasteiger partial charge >= 0.3 is 0 Å². The summed E-state index contributed by atoms with van der Waals surface area (Å²) in [6.07, 6.45) is 7.05. The highest BCUT2D eigenvalue weighted by Gasteiger charge is 2.30. The molecule has 3 rings (SSSR count). The monoisotopic (exact) mass is 223 g/mol. The molecule has 0 amide bonds. The van der Waals surface area contributed by atoms with Gasteiger partial charge in [0.05, 0.1) is 0 Å². The van der Waals surface area contributed by atoms with Gasteiger partial charge in [-0.2, -0.15) is 0 Å². The lowest BCUT2D eigenvalue weighted by Crippen LogP contribution is -2.39. The molecule has 3 aliphatic heterocycles. The van der Waals surface area contributed by atoms with Gasteiger partial charge in [-0.3, -0.25) is 4.90 Å². The van der Waals surface area contributed by atoms with Gasteiger partial charge in [0.15, 0.2) is 0 Å². The molecule has 0 aromatic rings. The van der Waals surface area contributed by atoms with Crippen LogP contribution in [-0.4, -0.2) is 61.2 Å². The fourth-order valence-electron chi connectivity index (χ4n) is 3.61. The minimum absolute atomic E-state index is 0.789. The Morgan fingerprint density at radius 3 is 2.62 bits per heavy atom. The normalized spacial score (nSPS) is 37.5. The van der Waals surface area contributed by atoms with Crippen molar-refractivity contribution in [3.63, 3.8) is 0 Å². The zero-order chi connectivity index (χ0) is 10.8. The molecule has 3 heteroatoms. The van der Waals surface area contributed by atoms with Gasteiger partial charge in [-0.15, -0.1) is 0 Å². The molecule has 0 aromatic heterocycles. The molecule has 3 saturated heterocycles. The van der Waals surface area contributed by atoms with Crippen LogP contribution < -0.4 is 5.32 Å². The van der Waals surface area contributed by atoms with Crippen molar-refractivity contribution in [3.8, 4) is 0 Å². The topological polar surface area (TPSA) is 18.5 Å². The fraction of sp³-hybridized carbons (Fsp3) is 1.00. The van der Waals surface area contributed by atoms with E-state index in [4.69, 9.17) is 0 Å². The highest BCUT2D eigenvalue weighted by molar-refractivity contribution is 4.88. The summed E-state index contributed by atoms with van der Waals surface area (Å²) in [5.41, 5.74) is 0. The summed E-state index contributed by atoms with van der Waals surface area (Å²) in [4.78, 5) is 5.41. The van der Waals surface area contributed by atoms with Crippen LogP contribution in [-0.2, 0) is 0 Å². The van der Waals surface area contributed by atoms with E-state index >= 15 is 0 Å². The van der Waals surface area contributed by atoms with Gasteiger partial charge in [0.1, 0.15) is 0 Å². The van der Waals surface area contributed by atoms with E-state index in [2.05, 4.69) is 15.1 Å². The molecule has 92 valence electrons. The predicted octanol–water partition coefficient (Wildman–Crippen LogP) is 0.908. The van der Waals surface area contributed by atoms with Crippen LogP contribution in [0.25, 0.3) is 0 Å². The highest BCUT2D eigenvalue weighted by Crippen LogP contribution is 2.21. The number of hydrogen-bond acceptors (Lipinski definition) is 3. The first-order valence-corrected chi connectivity index (χ1v) is 7.11. The molecule has 3 nitrogen and oxygen atoms in total. The summed E-state index contributed by atoms with van der Waals surface area (Å²) in [7, 11) is 0. The van der Waals surface area contributed by atoms with E-state index in [0.717, 1.165) is 12.1 Å². The maximum Gasteiger partial charge on any atom is 0.0235 e. The maximum absolute atomic E-state index is 3.61. The minimum Gasteiger partial charge on any atom is -0.313 e. The molecular formula is C13H25N3. The van der Waals surface area contributed by atoms with Crippen molar-refractivity contribution in [2.45, 2.75) is 44.2 Å². The summed E-state index contributed by atoms with van der Waals surface area (Å²) in [5.74, 6) is 0. The molecule has 0 radical (unpaired) electrons. The Labute approximate surface area is 99.2 Å². The predicted molar refractivity (Wildman–Crippen MR) is 66.7 cm³/mol. The van der Waals surface area contributed by atoms with Crippen molar-refractivity contribution < 1.29 is 0 Å². The lowest BCUT2D eigenvalue weighted by Gasteiger charge is -2.25. The Hall–Kier alpha value is -0.120. The molecule has 0 aromatic carbocycles. The third kappa shape index (κ3) is 2.41. The molecule has 1 N–H and O–H groups in total. The SMILES string of the molecule is C1CN[C@H](CN2CCC(N3CCCC3)C2)C1. The highest BCUT2D eigenvalue weighted by atomic mass is 15.3. The Bertz CT molecular complexity index is 219. The second kappa shape index (κ2) is 5.03. The van der Waals surface area contributed by atoms with E-state index < -0.39 is 0 Å². The van der Waals surface area contributed by atoms with Gasteiger partial charge in [0.2, 0.25) is 0 Å². The molecule has 3 aliphatic rings. The quantitative estimate of drug-likeness (QED) is 0.767. The second-order valence-electron chi connectivity index (χ2n) is 5.74. The van der Waals surface area contributed by atoms with Crippen molar-refractivity contribution in [1.82, 2.24) is 15.1 Å². The molecule has 1 unspecified atom stereocenters. The fourth-order valence-corrected chi connectivity index (χ4v) is 3.61. The molecule has 3 fully saturated rings. The van der Waals surface area contributed by atoms with Crippen molar-refractivity contribution in [2.75, 3.05) is 39.3 Å². The van der Waals surface area contributed by atoms with Gasteiger partial charge < -0.3 is 10.2 Å². The van der Waals surface area contributed by atoms with E-state index in [9.17, 15) is 0 Å². The number of rotatable bonds is 3. The zero-order valence-corrected chi connectivity index (χ0v) is 10.3. The summed E-state index contributed by atoms with van der Waals surface area (Å²) in [6.45, 7) is 7.93. The largest absolute Gasteiger partial charge is 0.313 e. The van der Waals surface area contributed by atoms with Crippen molar-refractivity contribution in [1.29, 1.82) is 0 Å². The van der Waals surface area contributed by atoms with E-state index in [-0.39, 0.29) is 0 Å². The van der Waals surface area contributed by atoms with E-state index in [1.807, 2.05) is 0 Å². The summed E-state index contributed by atoms with van der Waals surface area (Å²) in [6, 6.07) is 1.67. The van der Waals surface area contributed by atoms with Crippen molar-refractivity contribution in [3.05, 3.63) is 0 Å². The minimum atomic E-state index is 0.789. The molecule has 0 bridgehead atoms. The van der Waals surface area contributed by atoms with Crippen LogP contribution in [0, 0.1) is 0 Å². The van der Waals surface area contributed by atoms with Crippen LogP contribution in [0.5, 0.6) is 0 Å². The lowest BCUT2D eigenvalue weighted by atomic mass is 10.2. The standard InChI is InChI=1S/C13H25N3/c1-2-8-16(7-1)13-5-9-15(11-13)10-12-4-3-6-14-12/h12-14H,1-11H2/t12-,13?/m0/s1. The van der Waals surface area contributed by atoms with Crippen molar-refractivity contribution in [2.24, 2.45) is 0 Å². The first-order valence-electron chi connectivity index (χ1n) is 7.11. The molecule has 16 heavy (non-hydrogen) atoms. The smallest absolute Gasteiger partial charge is 0.0235 e. The zero-order valence-electron chi connectivity index (χ0n) is 10.3. The van der Waals surface area contributed by atoms with Gasteiger partial charge in [-0.05, 0) is 58.3 Å². The van der Waals surface area contributed by atoms with Crippen molar-refractivity contribution >= 4 is 0 Å². The second-order valence-corrected chi connectivity index (χ2v) is 5.74. The molecule has 0 spiro atoms. The number of nitrogens with zero attached hydrogens (tertiary/aromatic N) is 2. The van der Waals surface area contributed by atoms with E-state index in [0.29, 0.717) is 0 Å². The lowest BCUT2D eigenvalue weighted by molar-refractivity contribution is 0.225. The van der Waals surface area contributed by atoms with Crippen LogP contribution >= 0.6 is 0 Å². The average Bonchev–Trinajstić information content (AvgIpc) is 2.99. The Morgan fingerprint density at radius 1 is 1.00 bits per heavy atom. The first-order chi connectivity index (χ1) is 7.92. The summed E-state index contributed by atoms with van der Waals surface area (Å²) < 4.78 is 0. The third-order valence-corrected chi connectivity index (χ3v) is 4.55. The van der Waals surface area contributed by atoms with Gasteiger partial charge in [0, 0.05) is 25.2 Å². The van der Waals surface area contributed by atoms with Crippen LogP contribution in [0.4, 0.5) is 0 Å². The van der Waals surface area contributed by atoms with E-state index in [1.54, 1.807) is 0 Å². The number of hydrogen-bond donors (Lipinski definition) is 1. The Balaban J connectivity index is 1.45. The van der Waals surface area contributed by atoms with Gasteiger partial charge in [0.25, 0.3) is 0 Å². The van der Waals surface area contributed by atoms with Gasteiger partial charge in [-0.25, -0.2) is 0 Å². The summed E-state index contributed by atoms with van der Waals surface area (Å²) >= 11 is 0. The molecule has 0 saturated carbocycles. The van der Waals surface area contributed by atoms with E-state index in [1.165, 1.54) is 71.4 Å².